The molecule has 21 heavy (non-hydrogen) atoms. The van der Waals surface area contributed by atoms with E-state index in [1.165, 1.54) is 0 Å². The third-order valence-electron chi connectivity index (χ3n) is 3.18. The Labute approximate surface area is 133 Å². The maximum Gasteiger partial charge on any atom is 0.407 e. The van der Waals surface area contributed by atoms with Gasteiger partial charge in [0.1, 0.15) is 12.4 Å². The Bertz CT molecular complexity index is 520. The van der Waals surface area contributed by atoms with Crippen LogP contribution in [0.15, 0.2) is 16.6 Å². The van der Waals surface area contributed by atoms with Gasteiger partial charge >= 0.3 is 6.09 Å². The molecule has 1 aliphatic rings. The van der Waals surface area contributed by atoms with Crippen molar-refractivity contribution in [2.45, 2.75) is 39.5 Å². The lowest BCUT2D eigenvalue weighted by Gasteiger charge is -2.18. The maximum atomic E-state index is 11.0. The molecule has 5 nitrogen and oxygen atoms in total. The van der Waals surface area contributed by atoms with E-state index in [-0.39, 0.29) is 12.2 Å². The molecular weight excluding hydrogens is 336 g/mol. The first-order valence-electron chi connectivity index (χ1n) is 7.05. The molecule has 0 aliphatic carbocycles. The Morgan fingerprint density at radius 2 is 2.29 bits per heavy atom. The summed E-state index contributed by atoms with van der Waals surface area (Å²) in [5, 5.41) is 6.02. The van der Waals surface area contributed by atoms with Crippen molar-refractivity contribution in [1.82, 2.24) is 10.6 Å². The minimum Gasteiger partial charge on any atom is -0.489 e. The summed E-state index contributed by atoms with van der Waals surface area (Å²) in [7, 11) is 0. The molecule has 2 rings (SSSR count). The average Bonchev–Trinajstić information content (AvgIpc) is 2.80. The van der Waals surface area contributed by atoms with Gasteiger partial charge in [0.05, 0.1) is 6.54 Å². The lowest BCUT2D eigenvalue weighted by Crippen LogP contribution is -2.24. The first-order chi connectivity index (χ1) is 9.95. The fraction of sp³-hybridized carbons (Fsp3) is 0.533. The van der Waals surface area contributed by atoms with Gasteiger partial charge in [-0.1, -0.05) is 29.8 Å². The average molecular weight is 357 g/mol. The first kappa shape index (κ1) is 16.1. The summed E-state index contributed by atoms with van der Waals surface area (Å²) >= 11 is 3.52. The zero-order chi connectivity index (χ0) is 15.4. The Kier molecular flexibility index (Phi) is 5.47. The second kappa shape index (κ2) is 7.13. The molecule has 0 spiro atoms. The molecule has 1 atom stereocenters. The van der Waals surface area contributed by atoms with Crippen LogP contribution in [0.25, 0.3) is 0 Å². The van der Waals surface area contributed by atoms with E-state index in [0.717, 1.165) is 27.9 Å². The molecule has 0 saturated carbocycles. The molecule has 0 radical (unpaired) electrons. The van der Waals surface area contributed by atoms with Gasteiger partial charge in [0, 0.05) is 22.6 Å². The van der Waals surface area contributed by atoms with Crippen molar-refractivity contribution in [3.8, 4) is 5.75 Å². The fourth-order valence-corrected chi connectivity index (χ4v) is 2.77. The van der Waals surface area contributed by atoms with E-state index >= 15 is 0 Å². The zero-order valence-corrected chi connectivity index (χ0v) is 14.1. The number of halogens is 1. The Hall–Kier alpha value is -1.27. The normalized spacial score (nSPS) is 17.8. The van der Waals surface area contributed by atoms with Crippen LogP contribution in [0.2, 0.25) is 0 Å². The third-order valence-corrected chi connectivity index (χ3v) is 3.64. The van der Waals surface area contributed by atoms with E-state index in [0.29, 0.717) is 19.2 Å². The highest BCUT2D eigenvalue weighted by molar-refractivity contribution is 9.10. The first-order valence-corrected chi connectivity index (χ1v) is 7.84. The number of hydrogen-bond donors (Lipinski definition) is 2. The largest absolute Gasteiger partial charge is 0.489 e. The second-order valence-corrected chi connectivity index (χ2v) is 6.38. The van der Waals surface area contributed by atoms with Gasteiger partial charge in [0.2, 0.25) is 0 Å². The van der Waals surface area contributed by atoms with E-state index < -0.39 is 0 Å². The number of rotatable bonds is 6. The van der Waals surface area contributed by atoms with Gasteiger partial charge in [-0.25, -0.2) is 4.79 Å². The molecule has 1 fully saturated rings. The number of hydrogen-bond acceptors (Lipinski definition) is 4. The van der Waals surface area contributed by atoms with Crippen LogP contribution in [0.3, 0.4) is 0 Å². The number of carbonyl (C=O) groups is 1. The number of cyclic esters (lactones) is 1. The van der Waals surface area contributed by atoms with Gasteiger partial charge in [-0.2, -0.15) is 0 Å². The molecule has 1 unspecified atom stereocenters. The molecule has 6 heteroatoms. The van der Waals surface area contributed by atoms with Gasteiger partial charge < -0.3 is 20.1 Å². The highest BCUT2D eigenvalue weighted by atomic mass is 79.9. The smallest absolute Gasteiger partial charge is 0.407 e. The number of ether oxygens (including phenoxy) is 2. The van der Waals surface area contributed by atoms with Crippen molar-refractivity contribution >= 4 is 22.0 Å². The predicted molar refractivity (Wildman–Crippen MR) is 84.6 cm³/mol. The number of nitrogens with one attached hydrogen (secondary N) is 2. The molecule has 2 N–H and O–H groups in total. The molecule has 1 heterocycles. The van der Waals surface area contributed by atoms with Crippen molar-refractivity contribution in [3.63, 3.8) is 0 Å². The summed E-state index contributed by atoms with van der Waals surface area (Å²) in [5.41, 5.74) is 2.15. The number of amides is 1. The summed E-state index contributed by atoms with van der Waals surface area (Å²) < 4.78 is 12.0. The fourth-order valence-electron chi connectivity index (χ4n) is 2.15. The molecule has 0 aromatic heterocycles. The van der Waals surface area contributed by atoms with Crippen LogP contribution >= 0.6 is 15.9 Å². The molecule has 1 saturated heterocycles. The van der Waals surface area contributed by atoms with Crippen LogP contribution in [0.4, 0.5) is 4.79 Å². The van der Waals surface area contributed by atoms with E-state index in [4.69, 9.17) is 9.47 Å². The summed E-state index contributed by atoms with van der Waals surface area (Å²) in [6.45, 7) is 7.81. The van der Waals surface area contributed by atoms with Crippen LogP contribution in [0.5, 0.6) is 5.75 Å². The van der Waals surface area contributed by atoms with Crippen LogP contribution in [-0.2, 0) is 11.3 Å². The van der Waals surface area contributed by atoms with Crippen LogP contribution in [0, 0.1) is 6.92 Å². The number of benzene rings is 1. The lowest BCUT2D eigenvalue weighted by molar-refractivity contribution is 0.104. The predicted octanol–water partition coefficient (Wildman–Crippen LogP) is 2.74. The third kappa shape index (κ3) is 4.61. The topological polar surface area (TPSA) is 59.6 Å². The molecule has 1 amide bonds. The number of alkyl carbamates (subject to hydrolysis) is 1. The summed E-state index contributed by atoms with van der Waals surface area (Å²) in [4.78, 5) is 11.0. The monoisotopic (exact) mass is 356 g/mol. The summed E-state index contributed by atoms with van der Waals surface area (Å²) in [5.74, 6) is 0.856. The van der Waals surface area contributed by atoms with Gasteiger partial charge in [-0.05, 0) is 24.6 Å². The molecule has 1 aliphatic heterocycles. The van der Waals surface area contributed by atoms with Crippen molar-refractivity contribution < 1.29 is 14.3 Å². The van der Waals surface area contributed by atoms with Crippen molar-refractivity contribution in [1.29, 1.82) is 0 Å². The number of carbonyl (C=O) groups excluding carboxylic acids is 1. The summed E-state index contributed by atoms with van der Waals surface area (Å²) in [6, 6.07) is 4.47. The number of aryl methyl sites for hydroxylation is 1. The van der Waals surface area contributed by atoms with E-state index in [2.05, 4.69) is 46.5 Å². The van der Waals surface area contributed by atoms with Crippen LogP contribution < -0.4 is 15.4 Å². The standard InChI is InChI=1S/C15H21BrN2O3/c1-9(2)17-6-11-5-12(16)4-10(3)14(11)20-8-13-7-18-15(19)21-13/h4-5,9,13,17H,6-8H2,1-3H3,(H,18,19). The Morgan fingerprint density at radius 3 is 2.90 bits per heavy atom. The highest BCUT2D eigenvalue weighted by Gasteiger charge is 2.23. The van der Waals surface area contributed by atoms with E-state index in [1.807, 2.05) is 13.0 Å². The molecule has 1 aromatic carbocycles. The van der Waals surface area contributed by atoms with Gasteiger partial charge in [-0.15, -0.1) is 0 Å². The van der Waals surface area contributed by atoms with Crippen molar-refractivity contribution in [2.75, 3.05) is 13.2 Å². The molecule has 0 bridgehead atoms. The molecular formula is C15H21BrN2O3. The van der Waals surface area contributed by atoms with Crippen LogP contribution in [-0.4, -0.2) is 31.4 Å². The molecule has 1 aromatic rings. The zero-order valence-electron chi connectivity index (χ0n) is 12.5. The Morgan fingerprint density at radius 1 is 1.52 bits per heavy atom. The van der Waals surface area contributed by atoms with Gasteiger partial charge in [0.25, 0.3) is 0 Å². The second-order valence-electron chi connectivity index (χ2n) is 5.47. The van der Waals surface area contributed by atoms with Crippen molar-refractivity contribution in [2.24, 2.45) is 0 Å². The molecule has 116 valence electrons. The minimum absolute atomic E-state index is 0.230. The lowest BCUT2D eigenvalue weighted by atomic mass is 10.1. The Balaban J connectivity index is 2.07. The van der Waals surface area contributed by atoms with E-state index in [9.17, 15) is 4.79 Å². The van der Waals surface area contributed by atoms with Gasteiger partial charge in [-0.3, -0.25) is 0 Å². The minimum atomic E-state index is -0.377. The van der Waals surface area contributed by atoms with E-state index in [1.54, 1.807) is 0 Å². The summed E-state index contributed by atoms with van der Waals surface area (Å²) in [6.07, 6.45) is -0.607. The van der Waals surface area contributed by atoms with Gasteiger partial charge in [0.15, 0.2) is 6.10 Å². The maximum absolute atomic E-state index is 11.0. The highest BCUT2D eigenvalue weighted by Crippen LogP contribution is 2.28. The quantitative estimate of drug-likeness (QED) is 0.822. The SMILES string of the molecule is Cc1cc(Br)cc(CNC(C)C)c1OCC1CNC(=O)O1. The van der Waals surface area contributed by atoms with Crippen LogP contribution in [0.1, 0.15) is 25.0 Å². The van der Waals surface area contributed by atoms with Crippen molar-refractivity contribution in [3.05, 3.63) is 27.7 Å².